The quantitative estimate of drug-likeness (QED) is 0.618. The first-order valence-corrected chi connectivity index (χ1v) is 7.37. The van der Waals surface area contributed by atoms with Gasteiger partial charge in [0, 0.05) is 19.4 Å². The summed E-state index contributed by atoms with van der Waals surface area (Å²) in [5.74, 6) is 0.474. The van der Waals surface area contributed by atoms with Crippen LogP contribution in [0.25, 0.3) is 0 Å². The van der Waals surface area contributed by atoms with Crippen molar-refractivity contribution >= 4 is 11.6 Å². The second-order valence-corrected chi connectivity index (χ2v) is 5.80. The molecule has 21 heavy (non-hydrogen) atoms. The molecule has 0 atom stereocenters. The molecule has 4 nitrogen and oxygen atoms in total. The van der Waals surface area contributed by atoms with E-state index in [9.17, 15) is 9.59 Å². The molecule has 2 fully saturated rings. The van der Waals surface area contributed by atoms with E-state index in [1.54, 1.807) is 0 Å². The third-order valence-corrected chi connectivity index (χ3v) is 3.94. The summed E-state index contributed by atoms with van der Waals surface area (Å²) in [4.78, 5) is 26.4. The summed E-state index contributed by atoms with van der Waals surface area (Å²) in [5.41, 5.74) is 1.42. The van der Waals surface area contributed by atoms with Crippen molar-refractivity contribution in [1.29, 1.82) is 0 Å². The fraction of sp³-hybridized carbons (Fsp3) is 0.412. The van der Waals surface area contributed by atoms with Gasteiger partial charge in [0.25, 0.3) is 0 Å². The molecule has 2 aliphatic rings. The summed E-state index contributed by atoms with van der Waals surface area (Å²) >= 11 is 0. The Bertz CT molecular complexity index is 571. The number of Topliss-reactive ketones (excluding diaryl/α,β-unsaturated/α-hetero) is 2. The maximum atomic E-state index is 12.2. The lowest BCUT2D eigenvalue weighted by Crippen LogP contribution is -2.29. The van der Waals surface area contributed by atoms with Gasteiger partial charge in [-0.3, -0.25) is 9.59 Å². The summed E-state index contributed by atoms with van der Waals surface area (Å²) in [6.45, 7) is 3.84. The van der Waals surface area contributed by atoms with E-state index in [0.717, 1.165) is 5.56 Å². The molecule has 0 N–H and O–H groups in total. The van der Waals surface area contributed by atoms with E-state index in [4.69, 9.17) is 4.74 Å². The SMILES string of the molecule is CC1CC(=O)C(=C2OCCN2Cc2ccccc2)C(=O)C1. The normalized spacial score (nSPS) is 22.7. The smallest absolute Gasteiger partial charge is 0.204 e. The van der Waals surface area contributed by atoms with Crippen LogP contribution in [-0.2, 0) is 20.9 Å². The van der Waals surface area contributed by atoms with Gasteiger partial charge in [-0.2, -0.15) is 0 Å². The van der Waals surface area contributed by atoms with Crippen LogP contribution in [0.2, 0.25) is 0 Å². The zero-order valence-electron chi connectivity index (χ0n) is 12.2. The van der Waals surface area contributed by atoms with E-state index < -0.39 is 0 Å². The van der Waals surface area contributed by atoms with Gasteiger partial charge in [-0.1, -0.05) is 37.3 Å². The Morgan fingerprint density at radius 3 is 2.48 bits per heavy atom. The first kappa shape index (κ1) is 13.9. The molecule has 0 amide bonds. The number of hydrogen-bond acceptors (Lipinski definition) is 4. The molecule has 1 aromatic carbocycles. The summed E-state index contributed by atoms with van der Waals surface area (Å²) < 4.78 is 5.62. The molecule has 110 valence electrons. The zero-order valence-corrected chi connectivity index (χ0v) is 12.2. The van der Waals surface area contributed by atoms with Gasteiger partial charge in [0.1, 0.15) is 12.2 Å². The standard InChI is InChI=1S/C17H19NO3/c1-12-9-14(19)16(15(20)10-12)17-18(7-8-21-17)11-13-5-3-2-4-6-13/h2-6,12H,7-11H2,1H3. The lowest BCUT2D eigenvalue weighted by molar-refractivity contribution is -0.125. The highest BCUT2D eigenvalue weighted by molar-refractivity contribution is 6.22. The molecule has 1 aliphatic heterocycles. The molecule has 1 saturated carbocycles. The molecule has 0 spiro atoms. The second-order valence-electron chi connectivity index (χ2n) is 5.80. The molecule has 0 unspecified atom stereocenters. The van der Waals surface area contributed by atoms with Gasteiger partial charge < -0.3 is 9.64 Å². The molecule has 1 aliphatic carbocycles. The van der Waals surface area contributed by atoms with Crippen molar-refractivity contribution in [1.82, 2.24) is 4.90 Å². The number of hydrogen-bond donors (Lipinski definition) is 0. The summed E-state index contributed by atoms with van der Waals surface area (Å²) in [6, 6.07) is 10.0. The third kappa shape index (κ3) is 2.84. The van der Waals surface area contributed by atoms with Gasteiger partial charge in [-0.05, 0) is 11.5 Å². The first-order valence-electron chi connectivity index (χ1n) is 7.37. The lowest BCUT2D eigenvalue weighted by atomic mass is 9.85. The van der Waals surface area contributed by atoms with Crippen LogP contribution in [0.5, 0.6) is 0 Å². The molecule has 3 rings (SSSR count). The van der Waals surface area contributed by atoms with E-state index >= 15 is 0 Å². The monoisotopic (exact) mass is 285 g/mol. The van der Waals surface area contributed by atoms with Crippen LogP contribution < -0.4 is 0 Å². The average molecular weight is 285 g/mol. The zero-order chi connectivity index (χ0) is 14.8. The van der Waals surface area contributed by atoms with Crippen molar-refractivity contribution in [2.24, 2.45) is 5.92 Å². The van der Waals surface area contributed by atoms with Crippen LogP contribution in [0.4, 0.5) is 0 Å². The van der Waals surface area contributed by atoms with Crippen LogP contribution >= 0.6 is 0 Å². The predicted molar refractivity (Wildman–Crippen MR) is 78.2 cm³/mol. The summed E-state index contributed by atoms with van der Waals surface area (Å²) in [6.07, 6.45) is 0.875. The van der Waals surface area contributed by atoms with Gasteiger partial charge in [-0.15, -0.1) is 0 Å². The lowest BCUT2D eigenvalue weighted by Gasteiger charge is -2.23. The molecule has 1 aromatic rings. The maximum Gasteiger partial charge on any atom is 0.204 e. The van der Waals surface area contributed by atoms with E-state index in [-0.39, 0.29) is 23.1 Å². The molecule has 4 heteroatoms. The Hall–Kier alpha value is -2.10. The minimum Gasteiger partial charge on any atom is -0.477 e. The van der Waals surface area contributed by atoms with Crippen LogP contribution in [-0.4, -0.2) is 29.6 Å². The number of benzene rings is 1. The fourth-order valence-corrected chi connectivity index (χ4v) is 2.93. The van der Waals surface area contributed by atoms with Crippen molar-refractivity contribution in [2.75, 3.05) is 13.2 Å². The largest absolute Gasteiger partial charge is 0.477 e. The fourth-order valence-electron chi connectivity index (χ4n) is 2.93. The van der Waals surface area contributed by atoms with E-state index in [1.165, 1.54) is 0 Å². The predicted octanol–water partition coefficient (Wildman–Crippen LogP) is 2.30. The van der Waals surface area contributed by atoms with Crippen molar-refractivity contribution in [3.8, 4) is 0 Å². The van der Waals surface area contributed by atoms with E-state index in [2.05, 4.69) is 0 Å². The van der Waals surface area contributed by atoms with Crippen molar-refractivity contribution in [3.63, 3.8) is 0 Å². The Kier molecular flexibility index (Phi) is 3.78. The molecular formula is C17H19NO3. The number of carbonyl (C=O) groups excluding carboxylic acids is 2. The number of ether oxygens (including phenoxy) is 1. The Balaban J connectivity index is 1.87. The number of rotatable bonds is 2. The Labute approximate surface area is 124 Å². The number of nitrogens with zero attached hydrogens (tertiary/aromatic N) is 1. The van der Waals surface area contributed by atoms with Gasteiger partial charge in [-0.25, -0.2) is 0 Å². The summed E-state index contributed by atoms with van der Waals surface area (Å²) in [5, 5.41) is 0. The highest BCUT2D eigenvalue weighted by Gasteiger charge is 2.35. The van der Waals surface area contributed by atoms with Crippen molar-refractivity contribution < 1.29 is 14.3 Å². The van der Waals surface area contributed by atoms with Gasteiger partial charge >= 0.3 is 0 Å². The van der Waals surface area contributed by atoms with Crippen molar-refractivity contribution in [2.45, 2.75) is 26.3 Å². The van der Waals surface area contributed by atoms with Crippen molar-refractivity contribution in [3.05, 3.63) is 47.4 Å². The molecule has 1 heterocycles. The highest BCUT2D eigenvalue weighted by atomic mass is 16.5. The van der Waals surface area contributed by atoms with Gasteiger partial charge in [0.15, 0.2) is 11.6 Å². The van der Waals surface area contributed by atoms with Crippen LogP contribution in [0.15, 0.2) is 41.8 Å². The number of ketones is 2. The van der Waals surface area contributed by atoms with E-state index in [0.29, 0.717) is 38.4 Å². The Morgan fingerprint density at radius 2 is 1.81 bits per heavy atom. The van der Waals surface area contributed by atoms with Crippen LogP contribution in [0.3, 0.4) is 0 Å². The maximum absolute atomic E-state index is 12.2. The van der Waals surface area contributed by atoms with Gasteiger partial charge in [0.2, 0.25) is 5.88 Å². The summed E-state index contributed by atoms with van der Waals surface area (Å²) in [7, 11) is 0. The average Bonchev–Trinajstić information content (AvgIpc) is 2.87. The number of carbonyl (C=O) groups is 2. The van der Waals surface area contributed by atoms with Gasteiger partial charge in [0.05, 0.1) is 6.54 Å². The molecule has 1 saturated heterocycles. The Morgan fingerprint density at radius 1 is 1.14 bits per heavy atom. The molecule has 0 radical (unpaired) electrons. The minimum absolute atomic E-state index is 0.0753. The first-order chi connectivity index (χ1) is 10.1. The molecule has 0 aromatic heterocycles. The number of allylic oxidation sites excluding steroid dienone is 1. The highest BCUT2D eigenvalue weighted by Crippen LogP contribution is 2.29. The minimum atomic E-state index is -0.0753. The van der Waals surface area contributed by atoms with Crippen LogP contribution in [0.1, 0.15) is 25.3 Å². The molecular weight excluding hydrogens is 266 g/mol. The van der Waals surface area contributed by atoms with E-state index in [1.807, 2.05) is 42.2 Å². The second kappa shape index (κ2) is 5.72. The third-order valence-electron chi connectivity index (χ3n) is 3.94. The van der Waals surface area contributed by atoms with Crippen LogP contribution in [0, 0.1) is 5.92 Å². The topological polar surface area (TPSA) is 46.6 Å². The molecule has 0 bridgehead atoms.